The van der Waals surface area contributed by atoms with Crippen molar-refractivity contribution in [3.63, 3.8) is 0 Å². The molecule has 0 saturated heterocycles. The molecule has 0 aromatic carbocycles. The van der Waals surface area contributed by atoms with Crippen molar-refractivity contribution in [3.05, 3.63) is 0 Å². The van der Waals surface area contributed by atoms with E-state index in [0.717, 1.165) is 57.8 Å². The molecule has 0 aliphatic carbocycles. The zero-order chi connectivity index (χ0) is 47.9. The molecule has 0 heterocycles. The van der Waals surface area contributed by atoms with Gasteiger partial charge in [0.05, 0.1) is 0 Å². The van der Waals surface area contributed by atoms with Gasteiger partial charge in [-0.1, -0.05) is 310 Å². The molecule has 0 aromatic rings. The van der Waals surface area contributed by atoms with Crippen LogP contribution in [0.1, 0.15) is 348 Å². The molecule has 0 radical (unpaired) electrons. The Morgan fingerprint density at radius 1 is 0.242 bits per heavy atom. The fourth-order valence-electron chi connectivity index (χ4n) is 9.33. The van der Waals surface area contributed by atoms with Crippen molar-refractivity contribution in [1.29, 1.82) is 0 Å². The van der Waals surface area contributed by atoms with Crippen LogP contribution in [-0.4, -0.2) is 37.2 Å². The molecule has 0 bridgehead atoms. The predicted molar refractivity (Wildman–Crippen MR) is 284 cm³/mol. The molecule has 0 N–H and O–H groups in total. The van der Waals surface area contributed by atoms with Gasteiger partial charge < -0.3 is 14.2 Å². The van der Waals surface area contributed by atoms with Gasteiger partial charge in [-0.15, -0.1) is 0 Å². The van der Waals surface area contributed by atoms with Gasteiger partial charge in [0, 0.05) is 19.3 Å². The normalized spacial score (nSPS) is 11.9. The smallest absolute Gasteiger partial charge is 0.306 e. The maximum atomic E-state index is 12.8. The monoisotopic (exact) mass is 933 g/mol. The zero-order valence-corrected chi connectivity index (χ0v) is 45.0. The Hall–Kier alpha value is -1.59. The third-order valence-corrected chi connectivity index (χ3v) is 13.9. The number of esters is 3. The van der Waals surface area contributed by atoms with Crippen molar-refractivity contribution < 1.29 is 28.6 Å². The lowest BCUT2D eigenvalue weighted by atomic mass is 10.0. The van der Waals surface area contributed by atoms with E-state index in [-0.39, 0.29) is 31.1 Å². The Kier molecular flexibility index (Phi) is 54.7. The summed E-state index contributed by atoms with van der Waals surface area (Å²) in [4.78, 5) is 38.1. The lowest BCUT2D eigenvalue weighted by molar-refractivity contribution is -0.167. The molecule has 66 heavy (non-hydrogen) atoms. The minimum absolute atomic E-state index is 0.0609. The number of hydrogen-bond acceptors (Lipinski definition) is 6. The number of hydrogen-bond donors (Lipinski definition) is 0. The van der Waals surface area contributed by atoms with Gasteiger partial charge in [0.2, 0.25) is 0 Å². The predicted octanol–water partition coefficient (Wildman–Crippen LogP) is 19.9. The van der Waals surface area contributed by atoms with E-state index in [1.807, 2.05) is 0 Å². The second-order valence-corrected chi connectivity index (χ2v) is 20.6. The summed E-state index contributed by atoms with van der Waals surface area (Å²) >= 11 is 0. The molecule has 392 valence electrons. The van der Waals surface area contributed by atoms with Gasteiger partial charge in [-0.25, -0.2) is 0 Å². The number of carbonyl (C=O) groups is 3. The molecule has 0 aromatic heterocycles. The van der Waals surface area contributed by atoms with Crippen molar-refractivity contribution in [2.45, 2.75) is 354 Å². The van der Waals surface area contributed by atoms with E-state index >= 15 is 0 Å². The number of ether oxygens (including phenoxy) is 3. The van der Waals surface area contributed by atoms with E-state index in [1.165, 1.54) is 250 Å². The van der Waals surface area contributed by atoms with Crippen LogP contribution in [0.2, 0.25) is 0 Å². The molecule has 6 heteroatoms. The molecule has 0 fully saturated rings. The highest BCUT2D eigenvalue weighted by Gasteiger charge is 2.19. The molecule has 0 aliphatic heterocycles. The second-order valence-electron chi connectivity index (χ2n) is 20.6. The van der Waals surface area contributed by atoms with Crippen molar-refractivity contribution in [2.75, 3.05) is 13.2 Å². The van der Waals surface area contributed by atoms with Crippen molar-refractivity contribution >= 4 is 17.9 Å². The Bertz CT molecular complexity index is 982. The molecule has 6 nitrogen and oxygen atoms in total. The van der Waals surface area contributed by atoms with E-state index in [2.05, 4.69) is 20.8 Å². The van der Waals surface area contributed by atoms with Crippen LogP contribution in [0.4, 0.5) is 0 Å². The van der Waals surface area contributed by atoms with E-state index in [0.29, 0.717) is 19.3 Å². The first-order chi connectivity index (χ1) is 32.5. The lowest BCUT2D eigenvalue weighted by Crippen LogP contribution is -2.30. The van der Waals surface area contributed by atoms with Crippen LogP contribution in [0.3, 0.4) is 0 Å². The van der Waals surface area contributed by atoms with Crippen LogP contribution >= 0.6 is 0 Å². The van der Waals surface area contributed by atoms with Crippen LogP contribution in [-0.2, 0) is 28.6 Å². The van der Waals surface area contributed by atoms with Gasteiger partial charge in [0.15, 0.2) is 6.10 Å². The van der Waals surface area contributed by atoms with Crippen LogP contribution in [0.15, 0.2) is 0 Å². The van der Waals surface area contributed by atoms with Gasteiger partial charge in [0.1, 0.15) is 13.2 Å². The largest absolute Gasteiger partial charge is 0.462 e. The quantitative estimate of drug-likeness (QED) is 0.0343. The zero-order valence-electron chi connectivity index (χ0n) is 45.0. The van der Waals surface area contributed by atoms with Gasteiger partial charge in [-0.2, -0.15) is 0 Å². The molecule has 1 unspecified atom stereocenters. The van der Waals surface area contributed by atoms with E-state index in [4.69, 9.17) is 14.2 Å². The molecule has 0 amide bonds. The molecule has 0 aliphatic rings. The maximum Gasteiger partial charge on any atom is 0.306 e. The molecular weight excluding hydrogens is 817 g/mol. The third-order valence-electron chi connectivity index (χ3n) is 13.9. The SMILES string of the molecule is CCCCCCCCCCCCCCCCCCCCCCCC(=O)OCC(COC(=O)CCCCCCCCCCCCCC)OC(=O)CCCCCCCCCCCCCCCCC. The maximum absolute atomic E-state index is 12.8. The van der Waals surface area contributed by atoms with Crippen molar-refractivity contribution in [1.82, 2.24) is 0 Å². The highest BCUT2D eigenvalue weighted by atomic mass is 16.6. The number of unbranched alkanes of at least 4 members (excludes halogenated alkanes) is 45. The Balaban J connectivity index is 4.22. The van der Waals surface area contributed by atoms with E-state index in [1.54, 1.807) is 0 Å². The van der Waals surface area contributed by atoms with E-state index in [9.17, 15) is 14.4 Å². The minimum Gasteiger partial charge on any atom is -0.462 e. The first-order valence-electron chi connectivity index (χ1n) is 30.0. The fraction of sp³-hybridized carbons (Fsp3) is 0.950. The van der Waals surface area contributed by atoms with Crippen LogP contribution in [0.5, 0.6) is 0 Å². The summed E-state index contributed by atoms with van der Waals surface area (Å²) in [5.74, 6) is -0.831. The Morgan fingerprint density at radius 2 is 0.409 bits per heavy atom. The summed E-state index contributed by atoms with van der Waals surface area (Å²) in [5, 5.41) is 0. The molecular formula is C60H116O6. The standard InChI is InChI=1S/C60H116O6/c1-4-7-10-13-16-19-22-25-27-28-29-30-31-32-34-35-38-41-44-47-50-53-59(62)65-56-57(55-64-58(61)52-49-46-43-40-37-24-21-18-15-12-9-6-3)66-60(63)54-51-48-45-42-39-36-33-26-23-20-17-14-11-8-5-2/h57H,4-56H2,1-3H3. The van der Waals surface area contributed by atoms with E-state index < -0.39 is 6.10 Å². The molecule has 0 saturated carbocycles. The first-order valence-corrected chi connectivity index (χ1v) is 30.0. The number of rotatable bonds is 56. The lowest BCUT2D eigenvalue weighted by Gasteiger charge is -2.18. The summed E-state index contributed by atoms with van der Waals surface area (Å²) in [6.45, 7) is 6.71. The van der Waals surface area contributed by atoms with Crippen LogP contribution in [0.25, 0.3) is 0 Å². The summed E-state index contributed by atoms with van der Waals surface area (Å²) in [6, 6.07) is 0. The van der Waals surface area contributed by atoms with Gasteiger partial charge in [-0.05, 0) is 19.3 Å². The third kappa shape index (κ3) is 53.4. The van der Waals surface area contributed by atoms with Gasteiger partial charge in [0.25, 0.3) is 0 Å². The fourth-order valence-corrected chi connectivity index (χ4v) is 9.33. The van der Waals surface area contributed by atoms with Crippen molar-refractivity contribution in [2.24, 2.45) is 0 Å². The summed E-state index contributed by atoms with van der Waals surface area (Å²) in [5.41, 5.74) is 0. The highest BCUT2D eigenvalue weighted by molar-refractivity contribution is 5.71. The molecule has 1 atom stereocenters. The summed E-state index contributed by atoms with van der Waals surface area (Å²) in [6.07, 6.45) is 62.4. The minimum atomic E-state index is -0.761. The molecule has 0 rings (SSSR count). The van der Waals surface area contributed by atoms with Crippen molar-refractivity contribution in [3.8, 4) is 0 Å². The Labute approximate surface area is 412 Å². The topological polar surface area (TPSA) is 78.9 Å². The van der Waals surface area contributed by atoms with Gasteiger partial charge in [-0.3, -0.25) is 14.4 Å². The van der Waals surface area contributed by atoms with Crippen LogP contribution in [0, 0.1) is 0 Å². The average Bonchev–Trinajstić information content (AvgIpc) is 3.31. The molecule has 0 spiro atoms. The summed E-state index contributed by atoms with van der Waals surface area (Å²) in [7, 11) is 0. The number of carbonyl (C=O) groups excluding carboxylic acids is 3. The highest BCUT2D eigenvalue weighted by Crippen LogP contribution is 2.18. The Morgan fingerprint density at radius 3 is 0.606 bits per heavy atom. The first kappa shape index (κ1) is 64.4. The average molecular weight is 934 g/mol. The van der Waals surface area contributed by atoms with Gasteiger partial charge >= 0.3 is 17.9 Å². The van der Waals surface area contributed by atoms with Crippen LogP contribution < -0.4 is 0 Å². The summed E-state index contributed by atoms with van der Waals surface area (Å²) < 4.78 is 16.9. The second kappa shape index (κ2) is 56.0.